The van der Waals surface area contributed by atoms with Crippen molar-refractivity contribution in [3.8, 4) is 11.8 Å². The molecular weight excluding hydrogens is 268 g/mol. The van der Waals surface area contributed by atoms with Gasteiger partial charge in [-0.1, -0.05) is 20.8 Å². The smallest absolute Gasteiger partial charge is 0.328 e. The summed E-state index contributed by atoms with van der Waals surface area (Å²) in [6.45, 7) is 7.89. The lowest BCUT2D eigenvalue weighted by molar-refractivity contribution is -0.164. The summed E-state index contributed by atoms with van der Waals surface area (Å²) in [6.07, 6.45) is 3.95. The largest absolute Gasteiger partial charge is 0.468 e. The Morgan fingerprint density at radius 3 is 2.00 bits per heavy atom. The van der Waals surface area contributed by atoms with E-state index in [1.54, 1.807) is 13.0 Å². The first-order valence-electron chi connectivity index (χ1n) is 6.72. The average Bonchev–Trinajstić information content (AvgIpc) is 2.44. The van der Waals surface area contributed by atoms with Crippen LogP contribution in [0.25, 0.3) is 0 Å². The van der Waals surface area contributed by atoms with Crippen LogP contribution in [0.3, 0.4) is 0 Å². The third-order valence-corrected chi connectivity index (χ3v) is 2.81. The second kappa shape index (κ2) is 8.34. The van der Waals surface area contributed by atoms with Gasteiger partial charge in [0.25, 0.3) is 0 Å². The van der Waals surface area contributed by atoms with Gasteiger partial charge >= 0.3 is 11.9 Å². The molecule has 0 radical (unpaired) electrons. The number of rotatable bonds is 5. The molecule has 0 atom stereocenters. The lowest BCUT2D eigenvalue weighted by atomic mass is 9.84. The maximum atomic E-state index is 12.1. The van der Waals surface area contributed by atoms with E-state index in [1.807, 2.05) is 0 Å². The van der Waals surface area contributed by atoms with Gasteiger partial charge in [-0.2, -0.15) is 0 Å². The van der Waals surface area contributed by atoms with Gasteiger partial charge in [-0.15, -0.1) is 17.6 Å². The zero-order chi connectivity index (χ0) is 16.5. The van der Waals surface area contributed by atoms with E-state index in [2.05, 4.69) is 38.3 Å². The molecule has 0 rings (SSSR count). The molecule has 0 saturated carbocycles. The maximum Gasteiger partial charge on any atom is 0.328 e. The summed E-state index contributed by atoms with van der Waals surface area (Å²) in [6, 6.07) is 0. The Hall–Kier alpha value is -1.98. The quantitative estimate of drug-likeness (QED) is 0.338. The van der Waals surface area contributed by atoms with E-state index >= 15 is 0 Å². The fourth-order valence-electron chi connectivity index (χ4n) is 1.55. The molecule has 0 aliphatic rings. The zero-order valence-electron chi connectivity index (χ0n) is 13.7. The van der Waals surface area contributed by atoms with Gasteiger partial charge in [0, 0.05) is 6.42 Å². The Labute approximate surface area is 127 Å². The highest BCUT2D eigenvalue weighted by Crippen LogP contribution is 2.27. The van der Waals surface area contributed by atoms with Crippen LogP contribution < -0.4 is 0 Å². The molecule has 0 N–H and O–H groups in total. The van der Waals surface area contributed by atoms with Crippen LogP contribution in [-0.4, -0.2) is 26.2 Å². The van der Waals surface area contributed by atoms with Crippen molar-refractivity contribution < 1.29 is 19.1 Å². The molecule has 0 bridgehead atoms. The van der Waals surface area contributed by atoms with Crippen LogP contribution in [0.15, 0.2) is 17.9 Å². The lowest BCUT2D eigenvalue weighted by Gasteiger charge is -2.21. The molecule has 0 aromatic carbocycles. The Morgan fingerprint density at radius 2 is 1.62 bits per heavy atom. The first-order chi connectivity index (χ1) is 9.73. The van der Waals surface area contributed by atoms with Crippen molar-refractivity contribution in [2.45, 2.75) is 40.5 Å². The average molecular weight is 292 g/mol. The molecule has 0 aromatic rings. The molecule has 0 spiro atoms. The Bertz CT molecular complexity index is 475. The summed E-state index contributed by atoms with van der Waals surface area (Å²) in [5.41, 5.74) is 1.43. The van der Waals surface area contributed by atoms with Gasteiger partial charge < -0.3 is 9.47 Å². The first kappa shape index (κ1) is 19.0. The van der Waals surface area contributed by atoms with Crippen molar-refractivity contribution in [3.63, 3.8) is 0 Å². The van der Waals surface area contributed by atoms with Crippen molar-refractivity contribution in [2.75, 3.05) is 14.2 Å². The molecule has 0 saturated heterocycles. The normalized spacial score (nSPS) is 10.6. The SMILES string of the molecule is CC#CCC(C=C=CCC(C)(C)C)(C(=O)OC)C(=O)OC. The van der Waals surface area contributed by atoms with E-state index in [1.165, 1.54) is 20.3 Å². The summed E-state index contributed by atoms with van der Waals surface area (Å²) in [5.74, 6) is 4.01. The molecule has 0 unspecified atom stereocenters. The minimum Gasteiger partial charge on any atom is -0.468 e. The fraction of sp³-hybridized carbons (Fsp3) is 0.588. The highest BCUT2D eigenvalue weighted by Gasteiger charge is 2.46. The predicted molar refractivity (Wildman–Crippen MR) is 81.3 cm³/mol. The highest BCUT2D eigenvalue weighted by molar-refractivity contribution is 6.02. The summed E-state index contributed by atoms with van der Waals surface area (Å²) in [7, 11) is 2.46. The molecule has 21 heavy (non-hydrogen) atoms. The zero-order valence-corrected chi connectivity index (χ0v) is 13.7. The van der Waals surface area contributed by atoms with Gasteiger partial charge in [0.05, 0.1) is 14.2 Å². The summed E-state index contributed by atoms with van der Waals surface area (Å²) in [4.78, 5) is 24.1. The lowest BCUT2D eigenvalue weighted by Crippen LogP contribution is -2.39. The van der Waals surface area contributed by atoms with E-state index in [0.717, 1.165) is 6.42 Å². The second-order valence-electron chi connectivity index (χ2n) is 5.84. The number of ether oxygens (including phenoxy) is 2. The van der Waals surface area contributed by atoms with Gasteiger partial charge in [-0.05, 0) is 30.9 Å². The monoisotopic (exact) mass is 292 g/mol. The highest BCUT2D eigenvalue weighted by atomic mass is 16.5. The molecule has 0 fully saturated rings. The van der Waals surface area contributed by atoms with Crippen LogP contribution in [-0.2, 0) is 19.1 Å². The predicted octanol–water partition coefficient (Wildman–Crippen LogP) is 2.88. The minimum absolute atomic E-state index is 0.000789. The van der Waals surface area contributed by atoms with Gasteiger partial charge in [-0.25, -0.2) is 0 Å². The van der Waals surface area contributed by atoms with Crippen molar-refractivity contribution in [1.82, 2.24) is 0 Å². The van der Waals surface area contributed by atoms with Crippen molar-refractivity contribution in [2.24, 2.45) is 10.8 Å². The third-order valence-electron chi connectivity index (χ3n) is 2.81. The number of esters is 2. The number of carbonyl (C=O) groups is 2. The summed E-state index contributed by atoms with van der Waals surface area (Å²) in [5, 5.41) is 0. The maximum absolute atomic E-state index is 12.1. The molecule has 0 aliphatic carbocycles. The first-order valence-corrected chi connectivity index (χ1v) is 6.72. The molecule has 116 valence electrons. The van der Waals surface area contributed by atoms with E-state index in [4.69, 9.17) is 9.47 Å². The van der Waals surface area contributed by atoms with Crippen LogP contribution in [0.5, 0.6) is 0 Å². The number of carbonyl (C=O) groups excluding carboxylic acids is 2. The van der Waals surface area contributed by atoms with Crippen LogP contribution in [0.1, 0.15) is 40.5 Å². The second-order valence-corrected chi connectivity index (χ2v) is 5.84. The van der Waals surface area contributed by atoms with Gasteiger partial charge in [-0.3, -0.25) is 9.59 Å². The molecular formula is C17H24O4. The van der Waals surface area contributed by atoms with E-state index in [0.29, 0.717) is 0 Å². The van der Waals surface area contributed by atoms with Crippen molar-refractivity contribution in [3.05, 3.63) is 17.9 Å². The van der Waals surface area contributed by atoms with Crippen LogP contribution in [0, 0.1) is 22.7 Å². The van der Waals surface area contributed by atoms with Crippen LogP contribution in [0.4, 0.5) is 0 Å². The summed E-state index contributed by atoms with van der Waals surface area (Å²) < 4.78 is 9.48. The van der Waals surface area contributed by atoms with Gasteiger partial charge in [0.1, 0.15) is 0 Å². The topological polar surface area (TPSA) is 52.6 Å². The third kappa shape index (κ3) is 5.89. The molecule has 0 aliphatic heterocycles. The Morgan fingerprint density at radius 1 is 1.10 bits per heavy atom. The van der Waals surface area contributed by atoms with Crippen molar-refractivity contribution in [1.29, 1.82) is 0 Å². The van der Waals surface area contributed by atoms with Crippen LogP contribution >= 0.6 is 0 Å². The van der Waals surface area contributed by atoms with Crippen molar-refractivity contribution >= 4 is 11.9 Å². The standard InChI is InChI=1S/C17H24O4/c1-7-8-12-17(14(18)20-5,15(19)21-6)13-10-9-11-16(2,3)4/h9,13H,11-12H2,1-6H3. The minimum atomic E-state index is -1.57. The molecule has 4 nitrogen and oxygen atoms in total. The number of methoxy groups -OCH3 is 2. The number of hydrogen-bond acceptors (Lipinski definition) is 4. The Kier molecular flexibility index (Phi) is 7.55. The van der Waals surface area contributed by atoms with E-state index in [9.17, 15) is 9.59 Å². The number of hydrogen-bond donors (Lipinski definition) is 0. The molecule has 0 amide bonds. The molecule has 4 heteroatoms. The van der Waals surface area contributed by atoms with Gasteiger partial charge in [0.15, 0.2) is 0 Å². The Balaban J connectivity index is 5.64. The molecule has 0 heterocycles. The van der Waals surface area contributed by atoms with Crippen LogP contribution in [0.2, 0.25) is 0 Å². The fourth-order valence-corrected chi connectivity index (χ4v) is 1.55. The molecule has 0 aromatic heterocycles. The summed E-state index contributed by atoms with van der Waals surface area (Å²) >= 11 is 0. The van der Waals surface area contributed by atoms with Gasteiger partial charge in [0.2, 0.25) is 5.41 Å². The van der Waals surface area contributed by atoms with E-state index < -0.39 is 17.4 Å². The van der Waals surface area contributed by atoms with E-state index in [-0.39, 0.29) is 11.8 Å².